The number of aromatic hydroxyl groups is 1. The van der Waals surface area contributed by atoms with Gasteiger partial charge in [0.05, 0.1) is 12.7 Å². The van der Waals surface area contributed by atoms with Gasteiger partial charge in [-0.25, -0.2) is 0 Å². The van der Waals surface area contributed by atoms with E-state index in [-0.39, 0.29) is 12.4 Å². The van der Waals surface area contributed by atoms with Crippen LogP contribution in [0.5, 0.6) is 5.75 Å². The zero-order chi connectivity index (χ0) is 10.8. The fourth-order valence-corrected chi connectivity index (χ4v) is 1.23. The predicted molar refractivity (Wildman–Crippen MR) is 53.9 cm³/mol. The lowest BCUT2D eigenvalue weighted by Crippen LogP contribution is -2.25. The van der Waals surface area contributed by atoms with Gasteiger partial charge >= 0.3 is 0 Å². The molecule has 0 amide bonds. The maximum Gasteiger partial charge on any atom is 0.115 e. The van der Waals surface area contributed by atoms with Gasteiger partial charge in [-0.2, -0.15) is 0 Å². The van der Waals surface area contributed by atoms with E-state index in [1.54, 1.807) is 32.0 Å². The molecule has 14 heavy (non-hydrogen) atoms. The van der Waals surface area contributed by atoms with E-state index in [4.69, 9.17) is 5.11 Å². The maximum absolute atomic E-state index is 9.90. The Balaban J connectivity index is 2.94. The molecule has 0 unspecified atom stereocenters. The molecule has 0 spiro atoms. The highest BCUT2D eigenvalue weighted by molar-refractivity contribution is 5.29. The van der Waals surface area contributed by atoms with Gasteiger partial charge in [-0.3, -0.25) is 0 Å². The summed E-state index contributed by atoms with van der Waals surface area (Å²) in [6, 6.07) is 6.44. The van der Waals surface area contributed by atoms with E-state index in [9.17, 15) is 10.2 Å². The Morgan fingerprint density at radius 2 is 2.00 bits per heavy atom. The lowest BCUT2D eigenvalue weighted by atomic mass is 9.83. The number of phenols is 1. The summed E-state index contributed by atoms with van der Waals surface area (Å²) in [6.07, 6.45) is -0.778. The SMILES string of the molecule is CC(C)(CO)[C@@H](O)c1cccc(O)c1. The molecule has 0 fully saturated rings. The van der Waals surface area contributed by atoms with Crippen LogP contribution in [0.25, 0.3) is 0 Å². The minimum atomic E-state index is -0.778. The van der Waals surface area contributed by atoms with Crippen LogP contribution in [-0.2, 0) is 0 Å². The van der Waals surface area contributed by atoms with Gasteiger partial charge in [0.25, 0.3) is 0 Å². The summed E-state index contributed by atoms with van der Waals surface area (Å²) in [5.74, 6) is 0.121. The highest BCUT2D eigenvalue weighted by Crippen LogP contribution is 2.33. The smallest absolute Gasteiger partial charge is 0.115 e. The van der Waals surface area contributed by atoms with Gasteiger partial charge in [0.2, 0.25) is 0 Å². The molecule has 0 saturated heterocycles. The molecular formula is C11H16O3. The van der Waals surface area contributed by atoms with Crippen molar-refractivity contribution in [3.8, 4) is 5.75 Å². The Bertz CT molecular complexity index is 307. The number of benzene rings is 1. The van der Waals surface area contributed by atoms with Gasteiger partial charge in [0, 0.05) is 5.41 Å². The van der Waals surface area contributed by atoms with Crippen molar-refractivity contribution >= 4 is 0 Å². The van der Waals surface area contributed by atoms with Crippen molar-refractivity contribution in [3.63, 3.8) is 0 Å². The van der Waals surface area contributed by atoms with Crippen LogP contribution in [0.2, 0.25) is 0 Å². The molecule has 0 heterocycles. The third-order valence-corrected chi connectivity index (χ3v) is 2.33. The number of hydrogen-bond donors (Lipinski definition) is 3. The summed E-state index contributed by atoms with van der Waals surface area (Å²) in [5.41, 5.74) is 0.0115. The molecule has 1 rings (SSSR count). The van der Waals surface area contributed by atoms with Gasteiger partial charge in [0.15, 0.2) is 0 Å². The highest BCUT2D eigenvalue weighted by atomic mass is 16.3. The van der Waals surface area contributed by atoms with Crippen LogP contribution in [0.3, 0.4) is 0 Å². The van der Waals surface area contributed by atoms with Gasteiger partial charge < -0.3 is 15.3 Å². The summed E-state index contributed by atoms with van der Waals surface area (Å²) >= 11 is 0. The van der Waals surface area contributed by atoms with E-state index < -0.39 is 11.5 Å². The molecule has 0 radical (unpaired) electrons. The van der Waals surface area contributed by atoms with Crippen molar-refractivity contribution in [2.75, 3.05) is 6.61 Å². The zero-order valence-corrected chi connectivity index (χ0v) is 8.44. The second-order valence-electron chi connectivity index (χ2n) is 4.14. The quantitative estimate of drug-likeness (QED) is 0.685. The molecule has 78 valence electrons. The van der Waals surface area contributed by atoms with Crippen molar-refractivity contribution in [3.05, 3.63) is 29.8 Å². The molecule has 0 aliphatic carbocycles. The lowest BCUT2D eigenvalue weighted by Gasteiger charge is -2.28. The molecule has 3 nitrogen and oxygen atoms in total. The van der Waals surface area contributed by atoms with Crippen LogP contribution in [0.4, 0.5) is 0 Å². The number of phenolic OH excluding ortho intramolecular Hbond substituents is 1. The van der Waals surface area contributed by atoms with Gasteiger partial charge in [0.1, 0.15) is 5.75 Å². The van der Waals surface area contributed by atoms with Crippen LogP contribution in [0.1, 0.15) is 25.5 Å². The molecule has 0 aromatic heterocycles. The van der Waals surface area contributed by atoms with Crippen LogP contribution < -0.4 is 0 Å². The fourth-order valence-electron chi connectivity index (χ4n) is 1.23. The Hall–Kier alpha value is -1.06. The average Bonchev–Trinajstić information content (AvgIpc) is 2.16. The summed E-state index contributed by atoms with van der Waals surface area (Å²) in [6.45, 7) is 3.42. The van der Waals surface area contributed by atoms with E-state index in [0.29, 0.717) is 5.56 Å². The molecular weight excluding hydrogens is 180 g/mol. The highest BCUT2D eigenvalue weighted by Gasteiger charge is 2.28. The second-order valence-corrected chi connectivity index (χ2v) is 4.14. The lowest BCUT2D eigenvalue weighted by molar-refractivity contribution is 0.00627. The monoisotopic (exact) mass is 196 g/mol. The first-order valence-corrected chi connectivity index (χ1v) is 4.55. The Morgan fingerprint density at radius 1 is 1.36 bits per heavy atom. The van der Waals surface area contributed by atoms with E-state index >= 15 is 0 Å². The van der Waals surface area contributed by atoms with Gasteiger partial charge in [-0.15, -0.1) is 0 Å². The summed E-state index contributed by atoms with van der Waals surface area (Å²) in [4.78, 5) is 0. The number of aliphatic hydroxyl groups is 2. The first kappa shape index (κ1) is 11.0. The number of aliphatic hydroxyl groups excluding tert-OH is 2. The number of hydrogen-bond acceptors (Lipinski definition) is 3. The van der Waals surface area contributed by atoms with E-state index in [2.05, 4.69) is 0 Å². The predicted octanol–water partition coefficient (Wildman–Crippen LogP) is 1.44. The van der Waals surface area contributed by atoms with E-state index in [1.165, 1.54) is 6.07 Å². The standard InChI is InChI=1S/C11H16O3/c1-11(2,7-12)10(14)8-4-3-5-9(13)6-8/h3-6,10,12-14H,7H2,1-2H3/t10-/m0/s1. The molecule has 1 atom stereocenters. The van der Waals surface area contributed by atoms with Crippen molar-refractivity contribution in [2.24, 2.45) is 5.41 Å². The van der Waals surface area contributed by atoms with Crippen LogP contribution in [0.15, 0.2) is 24.3 Å². The van der Waals surface area contributed by atoms with Gasteiger partial charge in [-0.1, -0.05) is 26.0 Å². The summed E-state index contributed by atoms with van der Waals surface area (Å²) in [7, 11) is 0. The summed E-state index contributed by atoms with van der Waals surface area (Å²) < 4.78 is 0. The largest absolute Gasteiger partial charge is 0.508 e. The minimum absolute atomic E-state index is 0.107. The minimum Gasteiger partial charge on any atom is -0.508 e. The Kier molecular flexibility index (Phi) is 3.13. The molecule has 0 aliphatic heterocycles. The molecule has 1 aromatic carbocycles. The molecule has 0 saturated carbocycles. The van der Waals surface area contributed by atoms with Crippen LogP contribution >= 0.6 is 0 Å². The Morgan fingerprint density at radius 3 is 2.50 bits per heavy atom. The van der Waals surface area contributed by atoms with Crippen LogP contribution in [-0.4, -0.2) is 21.9 Å². The normalized spacial score (nSPS) is 14.0. The maximum atomic E-state index is 9.90. The fraction of sp³-hybridized carbons (Fsp3) is 0.455. The second kappa shape index (κ2) is 3.98. The van der Waals surface area contributed by atoms with Crippen molar-refractivity contribution in [1.29, 1.82) is 0 Å². The zero-order valence-electron chi connectivity index (χ0n) is 8.44. The van der Waals surface area contributed by atoms with Crippen molar-refractivity contribution in [2.45, 2.75) is 20.0 Å². The van der Waals surface area contributed by atoms with Crippen molar-refractivity contribution in [1.82, 2.24) is 0 Å². The van der Waals surface area contributed by atoms with Crippen LogP contribution in [0, 0.1) is 5.41 Å². The van der Waals surface area contributed by atoms with Gasteiger partial charge in [-0.05, 0) is 17.7 Å². The molecule has 3 heteroatoms. The first-order chi connectivity index (χ1) is 6.47. The van der Waals surface area contributed by atoms with E-state index in [1.807, 2.05) is 0 Å². The van der Waals surface area contributed by atoms with E-state index in [0.717, 1.165) is 0 Å². The molecule has 0 bridgehead atoms. The number of rotatable bonds is 3. The molecule has 0 aliphatic rings. The topological polar surface area (TPSA) is 60.7 Å². The van der Waals surface area contributed by atoms with Crippen molar-refractivity contribution < 1.29 is 15.3 Å². The third kappa shape index (κ3) is 2.25. The summed E-state index contributed by atoms with van der Waals surface area (Å²) in [5, 5.41) is 28.2. The first-order valence-electron chi connectivity index (χ1n) is 4.55. The molecule has 3 N–H and O–H groups in total. The molecule has 1 aromatic rings. The third-order valence-electron chi connectivity index (χ3n) is 2.33. The average molecular weight is 196 g/mol. The Labute approximate surface area is 83.6 Å².